The third-order valence-electron chi connectivity index (χ3n) is 2.96. The van der Waals surface area contributed by atoms with E-state index in [0.29, 0.717) is 11.5 Å². The molecule has 1 aromatic carbocycles. The van der Waals surface area contributed by atoms with Crippen LogP contribution in [0, 0.1) is 0 Å². The van der Waals surface area contributed by atoms with Crippen molar-refractivity contribution in [1.29, 1.82) is 0 Å². The van der Waals surface area contributed by atoms with Crippen LogP contribution in [-0.2, 0) is 6.42 Å². The number of hydrogen-bond acceptors (Lipinski definition) is 3. The molecule has 1 amide bonds. The van der Waals surface area contributed by atoms with E-state index in [4.69, 9.17) is 0 Å². The van der Waals surface area contributed by atoms with E-state index >= 15 is 0 Å². The second-order valence-electron chi connectivity index (χ2n) is 4.44. The molecule has 0 atom stereocenters. The Morgan fingerprint density at radius 1 is 1.10 bits per heavy atom. The van der Waals surface area contributed by atoms with Gasteiger partial charge < -0.3 is 10.6 Å². The van der Waals surface area contributed by atoms with Crippen LogP contribution in [0.15, 0.2) is 42.5 Å². The van der Waals surface area contributed by atoms with Crippen LogP contribution in [0.4, 0.5) is 11.5 Å². The molecule has 2 N–H and O–H groups in total. The fourth-order valence-electron chi connectivity index (χ4n) is 1.86. The maximum absolute atomic E-state index is 12.1. The van der Waals surface area contributed by atoms with Gasteiger partial charge in [0.25, 0.3) is 5.91 Å². The maximum atomic E-state index is 12.1. The molecule has 1 heterocycles. The van der Waals surface area contributed by atoms with Gasteiger partial charge in [-0.3, -0.25) is 4.79 Å². The molecule has 0 bridgehead atoms. The van der Waals surface area contributed by atoms with Crippen molar-refractivity contribution < 1.29 is 4.79 Å². The number of amides is 1. The van der Waals surface area contributed by atoms with Gasteiger partial charge in [-0.25, -0.2) is 4.98 Å². The Bertz CT molecular complexity index is 579. The number of nitrogens with one attached hydrogen (secondary N) is 2. The summed E-state index contributed by atoms with van der Waals surface area (Å²) in [6.45, 7) is 4.87. The smallest absolute Gasteiger partial charge is 0.274 e. The van der Waals surface area contributed by atoms with E-state index in [1.165, 1.54) is 5.56 Å². The number of pyridine rings is 1. The number of rotatable bonds is 5. The Labute approximate surface area is 119 Å². The second-order valence-corrected chi connectivity index (χ2v) is 4.44. The van der Waals surface area contributed by atoms with Gasteiger partial charge >= 0.3 is 0 Å². The molecule has 0 aliphatic heterocycles. The van der Waals surface area contributed by atoms with Crippen molar-refractivity contribution in [1.82, 2.24) is 4.98 Å². The van der Waals surface area contributed by atoms with Gasteiger partial charge in [-0.1, -0.05) is 25.1 Å². The fourth-order valence-corrected chi connectivity index (χ4v) is 1.86. The first-order chi connectivity index (χ1) is 9.72. The molecule has 2 rings (SSSR count). The summed E-state index contributed by atoms with van der Waals surface area (Å²) in [6.07, 6.45) is 0.987. The van der Waals surface area contributed by atoms with Crippen LogP contribution in [0.25, 0.3) is 0 Å². The van der Waals surface area contributed by atoms with E-state index in [0.717, 1.165) is 18.7 Å². The summed E-state index contributed by atoms with van der Waals surface area (Å²) >= 11 is 0. The molecule has 0 unspecified atom stereocenters. The largest absolute Gasteiger partial charge is 0.370 e. The molecule has 0 spiro atoms. The molecule has 4 nitrogen and oxygen atoms in total. The molecule has 4 heteroatoms. The van der Waals surface area contributed by atoms with Gasteiger partial charge in [0.1, 0.15) is 11.5 Å². The van der Waals surface area contributed by atoms with Gasteiger partial charge in [0.2, 0.25) is 0 Å². The zero-order valence-corrected chi connectivity index (χ0v) is 11.8. The van der Waals surface area contributed by atoms with Crippen molar-refractivity contribution in [2.24, 2.45) is 0 Å². The standard InChI is InChI=1S/C16H19N3O/c1-3-12-8-10-13(11-9-12)18-16(20)14-6-5-7-15(19-14)17-4-2/h5-11H,3-4H2,1-2H3,(H,17,19)(H,18,20). The topological polar surface area (TPSA) is 54.0 Å². The summed E-state index contributed by atoms with van der Waals surface area (Å²) in [5.74, 6) is 0.510. The molecule has 0 radical (unpaired) electrons. The summed E-state index contributed by atoms with van der Waals surface area (Å²) < 4.78 is 0. The lowest BCUT2D eigenvalue weighted by Gasteiger charge is -2.07. The molecule has 0 saturated heterocycles. The minimum absolute atomic E-state index is 0.200. The SMILES string of the molecule is CCNc1cccc(C(=O)Nc2ccc(CC)cc2)n1. The average molecular weight is 269 g/mol. The van der Waals surface area contributed by atoms with E-state index in [2.05, 4.69) is 22.5 Å². The highest BCUT2D eigenvalue weighted by molar-refractivity contribution is 6.03. The molecule has 104 valence electrons. The molecule has 0 saturated carbocycles. The fraction of sp³-hybridized carbons (Fsp3) is 0.250. The van der Waals surface area contributed by atoms with E-state index in [-0.39, 0.29) is 5.91 Å². The van der Waals surface area contributed by atoms with Crippen molar-refractivity contribution in [3.63, 3.8) is 0 Å². The first-order valence-electron chi connectivity index (χ1n) is 6.84. The first kappa shape index (κ1) is 14.1. The molecule has 1 aromatic heterocycles. The number of aromatic nitrogens is 1. The highest BCUT2D eigenvalue weighted by atomic mass is 16.1. The van der Waals surface area contributed by atoms with Crippen LogP contribution < -0.4 is 10.6 Å². The number of benzene rings is 1. The number of nitrogens with zero attached hydrogens (tertiary/aromatic N) is 1. The van der Waals surface area contributed by atoms with Gasteiger partial charge in [-0.05, 0) is 43.2 Å². The summed E-state index contributed by atoms with van der Waals surface area (Å²) in [5.41, 5.74) is 2.43. The van der Waals surface area contributed by atoms with Crippen LogP contribution in [0.3, 0.4) is 0 Å². The Morgan fingerprint density at radius 3 is 2.50 bits per heavy atom. The Kier molecular flexibility index (Phi) is 4.71. The van der Waals surface area contributed by atoms with Gasteiger partial charge in [0, 0.05) is 12.2 Å². The summed E-state index contributed by atoms with van der Waals surface area (Å²) in [6, 6.07) is 13.2. The van der Waals surface area contributed by atoms with E-state index < -0.39 is 0 Å². The lowest BCUT2D eigenvalue weighted by Crippen LogP contribution is -2.14. The van der Waals surface area contributed by atoms with Crippen LogP contribution in [0.2, 0.25) is 0 Å². The van der Waals surface area contributed by atoms with Gasteiger partial charge in [-0.15, -0.1) is 0 Å². The van der Waals surface area contributed by atoms with Crippen LogP contribution in [-0.4, -0.2) is 17.4 Å². The summed E-state index contributed by atoms with van der Waals surface area (Å²) in [4.78, 5) is 16.4. The second kappa shape index (κ2) is 6.70. The molecule has 0 fully saturated rings. The number of carbonyl (C=O) groups excluding carboxylic acids is 1. The molecule has 20 heavy (non-hydrogen) atoms. The van der Waals surface area contributed by atoms with E-state index in [1.807, 2.05) is 43.3 Å². The van der Waals surface area contributed by atoms with Crippen LogP contribution in [0.5, 0.6) is 0 Å². The lowest BCUT2D eigenvalue weighted by molar-refractivity contribution is 0.102. The quantitative estimate of drug-likeness (QED) is 0.875. The van der Waals surface area contributed by atoms with Crippen molar-refractivity contribution in [2.45, 2.75) is 20.3 Å². The minimum Gasteiger partial charge on any atom is -0.370 e. The zero-order valence-electron chi connectivity index (χ0n) is 11.8. The lowest BCUT2D eigenvalue weighted by atomic mass is 10.1. The van der Waals surface area contributed by atoms with Crippen molar-refractivity contribution >= 4 is 17.4 Å². The Balaban J connectivity index is 2.08. The summed E-state index contributed by atoms with van der Waals surface area (Å²) in [7, 11) is 0. The molecule has 0 aliphatic rings. The normalized spacial score (nSPS) is 10.1. The molecule has 0 aliphatic carbocycles. The average Bonchev–Trinajstić information content (AvgIpc) is 2.48. The van der Waals surface area contributed by atoms with Gasteiger partial charge in [-0.2, -0.15) is 0 Å². The number of hydrogen-bond donors (Lipinski definition) is 2. The van der Waals surface area contributed by atoms with Gasteiger partial charge in [0.05, 0.1) is 0 Å². The number of anilines is 2. The van der Waals surface area contributed by atoms with Crippen molar-refractivity contribution in [3.8, 4) is 0 Å². The first-order valence-corrected chi connectivity index (χ1v) is 6.84. The molecular weight excluding hydrogens is 250 g/mol. The predicted molar refractivity (Wildman–Crippen MR) is 82.2 cm³/mol. The Hall–Kier alpha value is -2.36. The highest BCUT2D eigenvalue weighted by Crippen LogP contribution is 2.12. The van der Waals surface area contributed by atoms with E-state index in [9.17, 15) is 4.79 Å². The molecular formula is C16H19N3O. The summed E-state index contributed by atoms with van der Waals surface area (Å²) in [5, 5.41) is 5.94. The maximum Gasteiger partial charge on any atom is 0.274 e. The third-order valence-corrected chi connectivity index (χ3v) is 2.96. The number of carbonyl (C=O) groups is 1. The molecule has 2 aromatic rings. The van der Waals surface area contributed by atoms with Crippen LogP contribution >= 0.6 is 0 Å². The number of aryl methyl sites for hydroxylation is 1. The predicted octanol–water partition coefficient (Wildman–Crippen LogP) is 3.33. The third kappa shape index (κ3) is 3.57. The van der Waals surface area contributed by atoms with E-state index in [1.54, 1.807) is 6.07 Å². The minimum atomic E-state index is -0.200. The monoisotopic (exact) mass is 269 g/mol. The Morgan fingerprint density at radius 2 is 1.85 bits per heavy atom. The van der Waals surface area contributed by atoms with Crippen molar-refractivity contribution in [2.75, 3.05) is 17.2 Å². The zero-order chi connectivity index (χ0) is 14.4. The highest BCUT2D eigenvalue weighted by Gasteiger charge is 2.08. The van der Waals surface area contributed by atoms with Crippen molar-refractivity contribution in [3.05, 3.63) is 53.7 Å². The van der Waals surface area contributed by atoms with Crippen LogP contribution in [0.1, 0.15) is 29.9 Å². The van der Waals surface area contributed by atoms with Gasteiger partial charge in [0.15, 0.2) is 0 Å².